The van der Waals surface area contributed by atoms with E-state index in [0.29, 0.717) is 0 Å². The molecule has 0 aromatic heterocycles. The second-order valence-corrected chi connectivity index (χ2v) is 5.14. The molecule has 0 aliphatic rings. The summed E-state index contributed by atoms with van der Waals surface area (Å²) in [5.41, 5.74) is 0.980. The summed E-state index contributed by atoms with van der Waals surface area (Å²) in [6.07, 6.45) is 7.85. The van der Waals surface area contributed by atoms with Crippen molar-refractivity contribution in [2.75, 3.05) is 20.2 Å². The van der Waals surface area contributed by atoms with Crippen molar-refractivity contribution in [3.63, 3.8) is 0 Å². The van der Waals surface area contributed by atoms with Crippen LogP contribution < -0.4 is 4.74 Å². The number of methoxy groups -OCH3 is 1. The Kier molecular flexibility index (Phi) is 8.25. The van der Waals surface area contributed by atoms with Gasteiger partial charge in [-0.1, -0.05) is 38.8 Å². The van der Waals surface area contributed by atoms with Crippen molar-refractivity contribution >= 4 is 12.0 Å². The largest absolute Gasteiger partial charge is 0.497 e. The van der Waals surface area contributed by atoms with Crippen LogP contribution in [0, 0.1) is 0 Å². The Hall–Kier alpha value is -1.77. The number of amides is 1. The zero-order chi connectivity index (χ0) is 15.5. The third kappa shape index (κ3) is 6.48. The van der Waals surface area contributed by atoms with Crippen molar-refractivity contribution < 1.29 is 9.53 Å². The molecule has 0 N–H and O–H groups in total. The molecule has 1 rings (SSSR count). The van der Waals surface area contributed by atoms with Gasteiger partial charge in [-0.05, 0) is 36.6 Å². The van der Waals surface area contributed by atoms with Gasteiger partial charge < -0.3 is 9.64 Å². The fourth-order valence-electron chi connectivity index (χ4n) is 2.05. The van der Waals surface area contributed by atoms with Crippen LogP contribution in [0.4, 0.5) is 0 Å². The summed E-state index contributed by atoms with van der Waals surface area (Å²) < 4.78 is 5.19. The second kappa shape index (κ2) is 10.0. The van der Waals surface area contributed by atoms with Crippen LogP contribution in [0.5, 0.6) is 5.75 Å². The molecule has 0 unspecified atom stereocenters. The Labute approximate surface area is 128 Å². The highest BCUT2D eigenvalue weighted by Crippen LogP contribution is 2.14. The summed E-state index contributed by atoms with van der Waals surface area (Å²) in [5.74, 6) is 0.901. The zero-order valence-electron chi connectivity index (χ0n) is 13.5. The Morgan fingerprint density at radius 2 is 1.86 bits per heavy atom. The smallest absolute Gasteiger partial charge is 0.246 e. The Morgan fingerprint density at radius 1 is 1.19 bits per heavy atom. The normalized spacial score (nSPS) is 10.8. The van der Waals surface area contributed by atoms with Crippen LogP contribution in [-0.4, -0.2) is 31.0 Å². The van der Waals surface area contributed by atoms with Crippen LogP contribution in [0.3, 0.4) is 0 Å². The first-order valence-corrected chi connectivity index (χ1v) is 7.82. The Balaban J connectivity index is 2.67. The molecular weight excluding hydrogens is 262 g/mol. The van der Waals surface area contributed by atoms with Gasteiger partial charge in [0.2, 0.25) is 5.91 Å². The molecule has 0 aliphatic heterocycles. The van der Waals surface area contributed by atoms with Gasteiger partial charge in [0.05, 0.1) is 7.11 Å². The highest BCUT2D eigenvalue weighted by atomic mass is 16.5. The number of hydrogen-bond acceptors (Lipinski definition) is 2. The Bertz CT molecular complexity index is 446. The van der Waals surface area contributed by atoms with Gasteiger partial charge in [-0.3, -0.25) is 4.79 Å². The number of unbranched alkanes of at least 4 members (excludes halogenated alkanes) is 2. The average molecular weight is 289 g/mol. The monoisotopic (exact) mass is 289 g/mol. The van der Waals surface area contributed by atoms with Gasteiger partial charge in [-0.25, -0.2) is 0 Å². The lowest BCUT2D eigenvalue weighted by atomic mass is 10.2. The van der Waals surface area contributed by atoms with Gasteiger partial charge in [0.1, 0.15) is 5.75 Å². The minimum atomic E-state index is 0.0970. The molecule has 0 radical (unpaired) electrons. The fraction of sp³-hybridized carbons (Fsp3) is 0.500. The number of ether oxygens (including phenoxy) is 1. The number of hydrogen-bond donors (Lipinski definition) is 0. The third-order valence-corrected chi connectivity index (χ3v) is 3.39. The van der Waals surface area contributed by atoms with E-state index in [4.69, 9.17) is 4.74 Å². The maximum atomic E-state index is 12.3. The lowest BCUT2D eigenvalue weighted by Gasteiger charge is -2.20. The number of nitrogens with zero attached hydrogens (tertiary/aromatic N) is 1. The lowest BCUT2D eigenvalue weighted by molar-refractivity contribution is -0.126. The fourth-order valence-corrected chi connectivity index (χ4v) is 2.05. The zero-order valence-corrected chi connectivity index (χ0v) is 13.5. The van der Waals surface area contributed by atoms with Crippen LogP contribution in [0.15, 0.2) is 30.3 Å². The highest BCUT2D eigenvalue weighted by molar-refractivity contribution is 5.91. The summed E-state index contributed by atoms with van der Waals surface area (Å²) in [7, 11) is 1.64. The van der Waals surface area contributed by atoms with E-state index in [1.54, 1.807) is 13.2 Å². The molecule has 3 heteroatoms. The summed E-state index contributed by atoms with van der Waals surface area (Å²) >= 11 is 0. The molecule has 1 amide bonds. The topological polar surface area (TPSA) is 29.5 Å². The van der Waals surface area contributed by atoms with Gasteiger partial charge in [-0.15, -0.1) is 0 Å². The van der Waals surface area contributed by atoms with Crippen LogP contribution in [0.1, 0.15) is 45.1 Å². The molecule has 0 heterocycles. The maximum absolute atomic E-state index is 12.3. The molecule has 0 saturated carbocycles. The van der Waals surface area contributed by atoms with E-state index in [-0.39, 0.29) is 5.91 Å². The summed E-state index contributed by atoms with van der Waals surface area (Å²) in [4.78, 5) is 14.2. The minimum Gasteiger partial charge on any atom is -0.497 e. The molecule has 21 heavy (non-hydrogen) atoms. The van der Waals surface area contributed by atoms with Crippen molar-refractivity contribution in [2.24, 2.45) is 0 Å². The summed E-state index contributed by atoms with van der Waals surface area (Å²) in [6.45, 7) is 5.98. The van der Waals surface area contributed by atoms with Gasteiger partial charge in [0.25, 0.3) is 0 Å². The second-order valence-electron chi connectivity index (χ2n) is 5.14. The van der Waals surface area contributed by atoms with Crippen LogP contribution in [0.25, 0.3) is 6.08 Å². The molecule has 0 atom stereocenters. The minimum absolute atomic E-state index is 0.0970. The van der Waals surface area contributed by atoms with E-state index in [1.165, 1.54) is 0 Å². The SMILES string of the molecule is CCCCN(CCCC)C(=O)/C=C/c1cccc(OC)c1. The third-order valence-electron chi connectivity index (χ3n) is 3.39. The molecule has 0 bridgehead atoms. The van der Waals surface area contributed by atoms with E-state index in [1.807, 2.05) is 35.2 Å². The van der Waals surface area contributed by atoms with Crippen LogP contribution >= 0.6 is 0 Å². The van der Waals surface area contributed by atoms with E-state index in [9.17, 15) is 4.79 Å². The highest BCUT2D eigenvalue weighted by Gasteiger charge is 2.08. The van der Waals surface area contributed by atoms with Crippen molar-refractivity contribution in [2.45, 2.75) is 39.5 Å². The molecule has 1 aromatic carbocycles. The van der Waals surface area contributed by atoms with Crippen LogP contribution in [0.2, 0.25) is 0 Å². The van der Waals surface area contributed by atoms with Gasteiger partial charge in [0, 0.05) is 19.2 Å². The molecule has 1 aromatic rings. The van der Waals surface area contributed by atoms with E-state index in [0.717, 1.165) is 50.1 Å². The van der Waals surface area contributed by atoms with E-state index in [2.05, 4.69) is 13.8 Å². The van der Waals surface area contributed by atoms with E-state index < -0.39 is 0 Å². The van der Waals surface area contributed by atoms with Crippen molar-refractivity contribution in [1.82, 2.24) is 4.90 Å². The first kappa shape index (κ1) is 17.3. The number of rotatable bonds is 9. The molecular formula is C18H27NO2. The van der Waals surface area contributed by atoms with Gasteiger partial charge >= 0.3 is 0 Å². The first-order chi connectivity index (χ1) is 10.2. The average Bonchev–Trinajstić information content (AvgIpc) is 2.53. The molecule has 0 saturated heterocycles. The quantitative estimate of drug-likeness (QED) is 0.639. The van der Waals surface area contributed by atoms with Crippen molar-refractivity contribution in [3.05, 3.63) is 35.9 Å². The molecule has 0 fully saturated rings. The predicted molar refractivity (Wildman–Crippen MR) is 88.4 cm³/mol. The van der Waals surface area contributed by atoms with Crippen molar-refractivity contribution in [1.29, 1.82) is 0 Å². The summed E-state index contributed by atoms with van der Waals surface area (Å²) in [5, 5.41) is 0. The standard InChI is InChI=1S/C18H27NO2/c1-4-6-13-19(14-7-5-2)18(20)12-11-16-9-8-10-17(15-16)21-3/h8-12,15H,4-7,13-14H2,1-3H3/b12-11+. The predicted octanol–water partition coefficient (Wildman–Crippen LogP) is 4.14. The van der Waals surface area contributed by atoms with E-state index >= 15 is 0 Å². The molecule has 0 spiro atoms. The maximum Gasteiger partial charge on any atom is 0.246 e. The first-order valence-electron chi connectivity index (χ1n) is 7.82. The van der Waals surface area contributed by atoms with Crippen LogP contribution in [-0.2, 0) is 4.79 Å². The summed E-state index contributed by atoms with van der Waals surface area (Å²) in [6, 6.07) is 7.71. The van der Waals surface area contributed by atoms with Gasteiger partial charge in [0.15, 0.2) is 0 Å². The number of carbonyl (C=O) groups excluding carboxylic acids is 1. The van der Waals surface area contributed by atoms with Gasteiger partial charge in [-0.2, -0.15) is 0 Å². The lowest BCUT2D eigenvalue weighted by Crippen LogP contribution is -2.31. The van der Waals surface area contributed by atoms with Crippen molar-refractivity contribution in [3.8, 4) is 5.75 Å². The number of carbonyl (C=O) groups is 1. The number of benzene rings is 1. The Morgan fingerprint density at radius 3 is 2.43 bits per heavy atom. The molecule has 0 aliphatic carbocycles. The molecule has 3 nitrogen and oxygen atoms in total. The molecule has 116 valence electrons.